The number of halogens is 1. The zero-order valence-corrected chi connectivity index (χ0v) is 21.1. The second kappa shape index (κ2) is 11.3. The Bertz CT molecular complexity index is 1210. The summed E-state index contributed by atoms with van der Waals surface area (Å²) in [5.74, 6) is -1.95. The van der Waals surface area contributed by atoms with Gasteiger partial charge in [0.05, 0.1) is 18.3 Å². The van der Waals surface area contributed by atoms with Crippen LogP contribution in [0.3, 0.4) is 0 Å². The van der Waals surface area contributed by atoms with Gasteiger partial charge < -0.3 is 20.4 Å². The highest BCUT2D eigenvalue weighted by atomic mass is 32.1. The SMILES string of the molecule is Cc1cccc(C)c1Cc1csc(CNC(=O)[C@H](O)[C@@H](O)C(=O)N2CCCC2c2ccc(F)cc2)n1. The summed E-state index contributed by atoms with van der Waals surface area (Å²) < 4.78 is 13.3. The number of thiazole rings is 1. The van der Waals surface area contributed by atoms with Crippen LogP contribution in [0, 0.1) is 19.7 Å². The van der Waals surface area contributed by atoms with E-state index in [1.165, 1.54) is 45.1 Å². The molecular weight excluding hydrogens is 481 g/mol. The van der Waals surface area contributed by atoms with Gasteiger partial charge in [-0.25, -0.2) is 9.37 Å². The summed E-state index contributed by atoms with van der Waals surface area (Å²) in [5, 5.41) is 26.0. The number of hydrogen-bond acceptors (Lipinski definition) is 6. The lowest BCUT2D eigenvalue weighted by Crippen LogP contribution is -2.50. The summed E-state index contributed by atoms with van der Waals surface area (Å²) >= 11 is 1.40. The molecule has 190 valence electrons. The van der Waals surface area contributed by atoms with E-state index in [9.17, 15) is 24.2 Å². The van der Waals surface area contributed by atoms with Crippen molar-refractivity contribution in [2.24, 2.45) is 0 Å². The minimum atomic E-state index is -1.92. The van der Waals surface area contributed by atoms with Crippen molar-refractivity contribution in [2.45, 2.75) is 57.9 Å². The van der Waals surface area contributed by atoms with Gasteiger partial charge in [-0.3, -0.25) is 9.59 Å². The number of rotatable bonds is 8. The highest BCUT2D eigenvalue weighted by Gasteiger charge is 2.38. The van der Waals surface area contributed by atoms with Crippen LogP contribution in [0.15, 0.2) is 47.8 Å². The van der Waals surface area contributed by atoms with Crippen molar-refractivity contribution in [3.8, 4) is 0 Å². The third kappa shape index (κ3) is 5.80. The second-order valence-corrected chi connectivity index (χ2v) is 10.1. The van der Waals surface area contributed by atoms with Crippen molar-refractivity contribution in [3.63, 3.8) is 0 Å². The van der Waals surface area contributed by atoms with Crippen LogP contribution in [0.5, 0.6) is 0 Å². The average Bonchev–Trinajstić information content (AvgIpc) is 3.54. The summed E-state index contributed by atoms with van der Waals surface area (Å²) in [6.45, 7) is 4.59. The number of nitrogens with one attached hydrogen (secondary N) is 1. The molecule has 0 spiro atoms. The van der Waals surface area contributed by atoms with Crippen molar-refractivity contribution in [1.82, 2.24) is 15.2 Å². The molecule has 2 amide bonds. The first kappa shape index (κ1) is 25.9. The number of aliphatic hydroxyl groups excluding tert-OH is 2. The maximum absolute atomic E-state index is 13.3. The topological polar surface area (TPSA) is 103 Å². The van der Waals surface area contributed by atoms with Gasteiger partial charge in [0.15, 0.2) is 12.2 Å². The molecule has 36 heavy (non-hydrogen) atoms. The Morgan fingerprint density at radius 3 is 2.53 bits per heavy atom. The van der Waals surface area contributed by atoms with Gasteiger partial charge in [0.1, 0.15) is 10.8 Å². The number of nitrogens with zero attached hydrogens (tertiary/aromatic N) is 2. The Hall–Kier alpha value is -3.14. The van der Waals surface area contributed by atoms with E-state index in [0.717, 1.165) is 11.3 Å². The molecule has 2 aromatic carbocycles. The fourth-order valence-electron chi connectivity index (χ4n) is 4.60. The van der Waals surface area contributed by atoms with Crippen molar-refractivity contribution in [1.29, 1.82) is 0 Å². The molecule has 1 aromatic heterocycles. The zero-order valence-electron chi connectivity index (χ0n) is 20.3. The minimum absolute atomic E-state index is 0.0795. The van der Waals surface area contributed by atoms with Crippen molar-refractivity contribution >= 4 is 23.2 Å². The quantitative estimate of drug-likeness (QED) is 0.431. The lowest BCUT2D eigenvalue weighted by molar-refractivity contribution is -0.153. The number of aliphatic hydroxyl groups is 2. The molecule has 9 heteroatoms. The molecule has 0 radical (unpaired) electrons. The summed E-state index contributed by atoms with van der Waals surface area (Å²) in [4.78, 5) is 31.4. The number of aryl methyl sites for hydroxylation is 2. The van der Waals surface area contributed by atoms with Crippen molar-refractivity contribution < 1.29 is 24.2 Å². The van der Waals surface area contributed by atoms with Crippen molar-refractivity contribution in [3.05, 3.63) is 86.6 Å². The van der Waals surface area contributed by atoms with E-state index in [0.29, 0.717) is 30.8 Å². The standard InChI is InChI=1S/C27H30FN3O4S/c1-16-5-3-6-17(2)21(16)13-20-15-36-23(30-20)14-29-26(34)24(32)25(33)27(35)31-12-4-7-22(31)18-8-10-19(28)11-9-18/h3,5-6,8-11,15,22,24-25,32-33H,4,7,12-14H2,1-2H3,(H,29,34)/t22?,24-,25-/m1/s1. The first-order valence-electron chi connectivity index (χ1n) is 11.9. The molecule has 0 aliphatic carbocycles. The summed E-state index contributed by atoms with van der Waals surface area (Å²) in [6.07, 6.45) is -1.77. The number of benzene rings is 2. The summed E-state index contributed by atoms with van der Waals surface area (Å²) in [6, 6.07) is 11.7. The van der Waals surface area contributed by atoms with Crippen LogP contribution in [0.2, 0.25) is 0 Å². The number of likely N-dealkylation sites (tertiary alicyclic amines) is 1. The predicted molar refractivity (Wildman–Crippen MR) is 135 cm³/mol. The molecule has 1 aliphatic heterocycles. The van der Waals surface area contributed by atoms with E-state index >= 15 is 0 Å². The molecule has 3 atom stereocenters. The molecule has 1 fully saturated rings. The van der Waals surface area contributed by atoms with Crippen LogP contribution in [0.4, 0.5) is 4.39 Å². The highest BCUT2D eigenvalue weighted by Crippen LogP contribution is 2.32. The van der Waals surface area contributed by atoms with E-state index in [-0.39, 0.29) is 18.4 Å². The number of hydrogen-bond donors (Lipinski definition) is 3. The van der Waals surface area contributed by atoms with Gasteiger partial charge in [0.25, 0.3) is 11.8 Å². The number of carbonyl (C=O) groups is 2. The van der Waals surface area contributed by atoms with Gasteiger partial charge in [0.2, 0.25) is 0 Å². The lowest BCUT2D eigenvalue weighted by Gasteiger charge is -2.28. The molecule has 2 heterocycles. The zero-order chi connectivity index (χ0) is 25.8. The predicted octanol–water partition coefficient (Wildman–Crippen LogP) is 3.19. The average molecular weight is 512 g/mol. The third-order valence-corrected chi connectivity index (χ3v) is 7.52. The van der Waals surface area contributed by atoms with Gasteiger partial charge in [0, 0.05) is 18.3 Å². The van der Waals surface area contributed by atoms with Gasteiger partial charge in [-0.05, 0) is 61.1 Å². The fourth-order valence-corrected chi connectivity index (χ4v) is 5.33. The highest BCUT2D eigenvalue weighted by molar-refractivity contribution is 7.09. The molecule has 3 aromatic rings. The number of aromatic nitrogens is 1. The first-order valence-corrected chi connectivity index (χ1v) is 12.8. The Labute approximate surface area is 213 Å². The molecule has 7 nitrogen and oxygen atoms in total. The van der Waals surface area contributed by atoms with Crippen LogP contribution in [-0.2, 0) is 22.6 Å². The Morgan fingerprint density at radius 1 is 1.14 bits per heavy atom. The van der Waals surface area contributed by atoms with E-state index in [2.05, 4.69) is 36.3 Å². The van der Waals surface area contributed by atoms with Crippen LogP contribution in [0.1, 0.15) is 51.8 Å². The van der Waals surface area contributed by atoms with Gasteiger partial charge in [-0.2, -0.15) is 0 Å². The largest absolute Gasteiger partial charge is 0.380 e. The minimum Gasteiger partial charge on any atom is -0.380 e. The lowest BCUT2D eigenvalue weighted by atomic mass is 9.99. The maximum Gasteiger partial charge on any atom is 0.255 e. The molecule has 4 rings (SSSR count). The molecule has 3 N–H and O–H groups in total. The molecule has 1 unspecified atom stereocenters. The third-order valence-electron chi connectivity index (χ3n) is 6.63. The van der Waals surface area contributed by atoms with Crippen LogP contribution in [-0.4, -0.2) is 50.7 Å². The maximum atomic E-state index is 13.3. The van der Waals surface area contributed by atoms with E-state index < -0.39 is 24.0 Å². The molecule has 0 bridgehead atoms. The number of amides is 2. The Kier molecular flexibility index (Phi) is 8.13. The smallest absolute Gasteiger partial charge is 0.255 e. The van der Waals surface area contributed by atoms with E-state index in [1.807, 2.05) is 11.4 Å². The van der Waals surface area contributed by atoms with Crippen LogP contribution in [0.25, 0.3) is 0 Å². The van der Waals surface area contributed by atoms with Crippen LogP contribution < -0.4 is 5.32 Å². The molecule has 0 saturated carbocycles. The normalized spacial score (nSPS) is 17.1. The molecule has 1 aliphatic rings. The van der Waals surface area contributed by atoms with Gasteiger partial charge in [-0.15, -0.1) is 11.3 Å². The van der Waals surface area contributed by atoms with E-state index in [4.69, 9.17) is 0 Å². The monoisotopic (exact) mass is 511 g/mol. The second-order valence-electron chi connectivity index (χ2n) is 9.13. The van der Waals surface area contributed by atoms with E-state index in [1.54, 1.807) is 12.1 Å². The molecule has 1 saturated heterocycles. The van der Waals surface area contributed by atoms with Crippen LogP contribution >= 0.6 is 11.3 Å². The van der Waals surface area contributed by atoms with Crippen molar-refractivity contribution in [2.75, 3.05) is 6.54 Å². The van der Waals surface area contributed by atoms with Gasteiger partial charge in [-0.1, -0.05) is 30.3 Å². The number of carbonyl (C=O) groups excluding carboxylic acids is 2. The van der Waals surface area contributed by atoms with Gasteiger partial charge >= 0.3 is 0 Å². The first-order chi connectivity index (χ1) is 17.2. The fraction of sp³-hybridized carbons (Fsp3) is 0.370. The summed E-state index contributed by atoms with van der Waals surface area (Å²) in [5.41, 5.74) is 5.24. The Balaban J connectivity index is 1.33. The molecular formula is C27H30FN3O4S. The Morgan fingerprint density at radius 2 is 1.83 bits per heavy atom. The summed E-state index contributed by atoms with van der Waals surface area (Å²) in [7, 11) is 0.